The van der Waals surface area contributed by atoms with Crippen molar-refractivity contribution < 1.29 is 17.9 Å². The third-order valence-corrected chi connectivity index (χ3v) is 2.01. The lowest BCUT2D eigenvalue weighted by atomic mass is 10.3. The minimum absolute atomic E-state index is 0.0658. The van der Waals surface area contributed by atoms with E-state index in [1.807, 2.05) is 0 Å². The van der Waals surface area contributed by atoms with Crippen molar-refractivity contribution in [2.45, 2.75) is 19.0 Å². The number of rotatable bonds is 6. The third-order valence-electron chi connectivity index (χ3n) is 2.01. The lowest BCUT2D eigenvalue weighted by Gasteiger charge is -2.10. The Kier molecular flexibility index (Phi) is 4.94. The van der Waals surface area contributed by atoms with Gasteiger partial charge in [-0.2, -0.15) is 18.2 Å². The fourth-order valence-electron chi connectivity index (χ4n) is 1.16. The summed E-state index contributed by atoms with van der Waals surface area (Å²) < 4.78 is 42.7. The highest BCUT2D eigenvalue weighted by Gasteiger charge is 2.35. The molecule has 0 atom stereocenters. The predicted octanol–water partition coefficient (Wildman–Crippen LogP) is 2.88. The molecule has 1 aromatic heterocycles. The molecule has 0 fully saturated rings. The van der Waals surface area contributed by atoms with E-state index in [1.54, 1.807) is 6.08 Å². The zero-order valence-corrected chi connectivity index (χ0v) is 9.92. The van der Waals surface area contributed by atoms with E-state index in [-0.39, 0.29) is 18.3 Å². The number of unbranched alkanes of at least 4 members (excludes halogenated alkanes) is 1. The maximum atomic E-state index is 12.5. The molecule has 0 radical (unpaired) electrons. The molecule has 18 heavy (non-hydrogen) atoms. The first kappa shape index (κ1) is 14.3. The van der Waals surface area contributed by atoms with Crippen molar-refractivity contribution in [1.29, 1.82) is 0 Å². The molecule has 1 rings (SSSR count). The van der Waals surface area contributed by atoms with E-state index in [9.17, 15) is 13.2 Å². The zero-order valence-electron chi connectivity index (χ0n) is 9.92. The topological polar surface area (TPSA) is 47.0 Å². The molecule has 100 valence electrons. The largest absolute Gasteiger partial charge is 0.478 e. The Morgan fingerprint density at radius 3 is 2.72 bits per heavy atom. The fourth-order valence-corrected chi connectivity index (χ4v) is 1.16. The first-order chi connectivity index (χ1) is 8.47. The number of nitrogens with one attached hydrogen (secondary N) is 1. The number of hydrogen-bond acceptors (Lipinski definition) is 4. The molecule has 0 bridgehead atoms. The van der Waals surface area contributed by atoms with Gasteiger partial charge in [0, 0.05) is 13.1 Å². The minimum atomic E-state index is -4.59. The van der Waals surface area contributed by atoms with Crippen LogP contribution >= 0.6 is 0 Å². The summed E-state index contributed by atoms with van der Waals surface area (Å²) in [6.45, 7) is 3.82. The molecule has 0 aliphatic carbocycles. The molecule has 0 spiro atoms. The fraction of sp³-hybridized carbons (Fsp3) is 0.455. The van der Waals surface area contributed by atoms with Crippen LogP contribution in [0.1, 0.15) is 18.7 Å². The lowest BCUT2D eigenvalue weighted by molar-refractivity contribution is -0.145. The number of anilines is 1. The Morgan fingerprint density at radius 2 is 2.17 bits per heavy atom. The molecule has 0 aromatic carbocycles. The number of alkyl halides is 3. The van der Waals surface area contributed by atoms with Gasteiger partial charge in [-0.1, -0.05) is 6.08 Å². The van der Waals surface area contributed by atoms with Gasteiger partial charge in [0.1, 0.15) is 5.82 Å². The van der Waals surface area contributed by atoms with E-state index in [2.05, 4.69) is 21.9 Å². The van der Waals surface area contributed by atoms with E-state index < -0.39 is 12.0 Å². The van der Waals surface area contributed by atoms with Crippen LogP contribution in [-0.4, -0.2) is 23.6 Å². The van der Waals surface area contributed by atoms with Gasteiger partial charge in [0.2, 0.25) is 11.7 Å². The Bertz CT molecular complexity index is 407. The van der Waals surface area contributed by atoms with Crippen molar-refractivity contribution in [3.05, 3.63) is 24.5 Å². The summed E-state index contributed by atoms with van der Waals surface area (Å²) in [5.41, 5.74) is 0. The van der Waals surface area contributed by atoms with Crippen molar-refractivity contribution in [3.63, 3.8) is 0 Å². The zero-order chi connectivity index (χ0) is 13.6. The molecule has 4 nitrogen and oxygen atoms in total. The van der Waals surface area contributed by atoms with Gasteiger partial charge in [0.05, 0.1) is 6.61 Å². The summed E-state index contributed by atoms with van der Waals surface area (Å²) in [4.78, 5) is 6.65. The first-order valence-electron chi connectivity index (χ1n) is 5.35. The number of aromatic nitrogens is 2. The average molecular weight is 261 g/mol. The number of ether oxygens (including phenoxy) is 1. The van der Waals surface area contributed by atoms with Crippen molar-refractivity contribution in [2.75, 3.05) is 19.0 Å². The molecule has 7 heteroatoms. The smallest absolute Gasteiger partial charge is 0.451 e. The summed E-state index contributed by atoms with van der Waals surface area (Å²) in [5.74, 6) is -1.24. The van der Waals surface area contributed by atoms with E-state index in [0.717, 1.165) is 6.42 Å². The maximum Gasteiger partial charge on any atom is 0.451 e. The minimum Gasteiger partial charge on any atom is -0.478 e. The maximum absolute atomic E-state index is 12.5. The van der Waals surface area contributed by atoms with Crippen LogP contribution in [0.3, 0.4) is 0 Å². The molecule has 0 saturated carbocycles. The van der Waals surface area contributed by atoms with Crippen LogP contribution in [0.2, 0.25) is 0 Å². The van der Waals surface area contributed by atoms with E-state index in [4.69, 9.17) is 4.74 Å². The van der Waals surface area contributed by atoms with Gasteiger partial charge in [-0.25, -0.2) is 4.98 Å². The molecular formula is C11H14F3N3O. The molecule has 0 amide bonds. The molecular weight excluding hydrogens is 247 g/mol. The number of hydrogen-bond donors (Lipinski definition) is 1. The second-order valence-corrected chi connectivity index (χ2v) is 3.44. The number of halogens is 3. The van der Waals surface area contributed by atoms with Gasteiger partial charge >= 0.3 is 6.18 Å². The Labute approximate surface area is 103 Å². The second-order valence-electron chi connectivity index (χ2n) is 3.44. The van der Waals surface area contributed by atoms with Gasteiger partial charge in [0.15, 0.2) is 0 Å². The molecule has 1 N–H and O–H groups in total. The van der Waals surface area contributed by atoms with Gasteiger partial charge in [-0.3, -0.25) is 0 Å². The van der Waals surface area contributed by atoms with E-state index in [1.165, 1.54) is 13.1 Å². The Hall–Kier alpha value is -1.79. The van der Waals surface area contributed by atoms with Crippen LogP contribution < -0.4 is 10.1 Å². The standard InChI is InChI=1S/C11H14F3N3O/c1-3-4-5-6-18-9-7-8(15-2)16-10(17-9)11(12,13)14/h3,7H,1,4-6H2,2H3,(H,15,16,17). The van der Waals surface area contributed by atoms with Gasteiger partial charge in [-0.05, 0) is 12.8 Å². The van der Waals surface area contributed by atoms with Crippen molar-refractivity contribution in [1.82, 2.24) is 9.97 Å². The summed E-state index contributed by atoms with van der Waals surface area (Å²) in [6, 6.07) is 1.32. The highest BCUT2D eigenvalue weighted by molar-refractivity contribution is 5.38. The van der Waals surface area contributed by atoms with Crippen LogP contribution in [0, 0.1) is 0 Å². The summed E-state index contributed by atoms with van der Waals surface area (Å²) >= 11 is 0. The SMILES string of the molecule is C=CCCCOc1cc(NC)nc(C(F)(F)F)n1. The van der Waals surface area contributed by atoms with Crippen LogP contribution in [0.15, 0.2) is 18.7 Å². The monoisotopic (exact) mass is 261 g/mol. The molecule has 1 heterocycles. The van der Waals surface area contributed by atoms with Crippen molar-refractivity contribution in [3.8, 4) is 5.88 Å². The quantitative estimate of drug-likeness (QED) is 0.632. The van der Waals surface area contributed by atoms with Crippen LogP contribution in [0.4, 0.5) is 19.0 Å². The highest BCUT2D eigenvalue weighted by Crippen LogP contribution is 2.28. The van der Waals surface area contributed by atoms with Crippen molar-refractivity contribution in [2.24, 2.45) is 0 Å². The molecule has 0 unspecified atom stereocenters. The van der Waals surface area contributed by atoms with Gasteiger partial charge in [-0.15, -0.1) is 6.58 Å². The van der Waals surface area contributed by atoms with Crippen LogP contribution in [0.5, 0.6) is 5.88 Å². The highest BCUT2D eigenvalue weighted by atomic mass is 19.4. The summed E-state index contributed by atoms with van der Waals surface area (Å²) in [6.07, 6.45) is -1.48. The Morgan fingerprint density at radius 1 is 1.44 bits per heavy atom. The molecule has 1 aromatic rings. The van der Waals surface area contributed by atoms with Gasteiger partial charge < -0.3 is 10.1 Å². The lowest BCUT2D eigenvalue weighted by Crippen LogP contribution is -2.13. The van der Waals surface area contributed by atoms with E-state index >= 15 is 0 Å². The average Bonchev–Trinajstić information content (AvgIpc) is 2.33. The third kappa shape index (κ3) is 4.23. The van der Waals surface area contributed by atoms with Crippen LogP contribution in [-0.2, 0) is 6.18 Å². The van der Waals surface area contributed by atoms with Crippen LogP contribution in [0.25, 0.3) is 0 Å². The van der Waals surface area contributed by atoms with Crippen molar-refractivity contribution >= 4 is 5.82 Å². The molecule has 0 aliphatic rings. The predicted molar refractivity (Wildman–Crippen MR) is 61.5 cm³/mol. The Balaban J connectivity index is 2.81. The van der Waals surface area contributed by atoms with E-state index in [0.29, 0.717) is 6.42 Å². The molecule has 0 aliphatic heterocycles. The molecule has 0 saturated heterocycles. The first-order valence-corrected chi connectivity index (χ1v) is 5.35. The number of allylic oxidation sites excluding steroid dienone is 1. The summed E-state index contributed by atoms with van der Waals surface area (Å²) in [5, 5.41) is 2.53. The van der Waals surface area contributed by atoms with Gasteiger partial charge in [0.25, 0.3) is 0 Å². The number of nitrogens with zero attached hydrogens (tertiary/aromatic N) is 2. The second kappa shape index (κ2) is 6.23. The normalized spacial score (nSPS) is 11.1. The summed E-state index contributed by atoms with van der Waals surface area (Å²) in [7, 11) is 1.48.